The highest BCUT2D eigenvalue weighted by molar-refractivity contribution is 5.96. The van der Waals surface area contributed by atoms with Crippen molar-refractivity contribution in [1.82, 2.24) is 29.5 Å². The van der Waals surface area contributed by atoms with Gasteiger partial charge in [-0.15, -0.1) is 0 Å². The normalized spacial score (nSPS) is 20.5. The quantitative estimate of drug-likeness (QED) is 0.243. The second kappa shape index (κ2) is 11.9. The summed E-state index contributed by atoms with van der Waals surface area (Å²) in [6.45, 7) is 0.149. The van der Waals surface area contributed by atoms with Crippen LogP contribution in [0.15, 0.2) is 47.2 Å². The summed E-state index contributed by atoms with van der Waals surface area (Å²) in [6.07, 6.45) is 1.59. The van der Waals surface area contributed by atoms with Crippen LogP contribution in [0.3, 0.4) is 0 Å². The van der Waals surface area contributed by atoms with Crippen LogP contribution in [0.1, 0.15) is 41.9 Å². The molecule has 1 saturated heterocycles. The molecule has 2 N–H and O–H groups in total. The zero-order valence-electron chi connectivity index (χ0n) is 24.5. The minimum Gasteiger partial charge on any atom is -0.382 e. The molecule has 4 aromatic rings. The predicted octanol–water partition coefficient (Wildman–Crippen LogP) is 4.96. The van der Waals surface area contributed by atoms with Crippen LogP contribution in [0.2, 0.25) is 0 Å². The number of amides is 1. The van der Waals surface area contributed by atoms with Crippen LogP contribution < -0.4 is 10.6 Å². The molecular weight excluding hydrogens is 582 g/mol. The first-order valence-electron chi connectivity index (χ1n) is 14.6. The first-order valence-corrected chi connectivity index (χ1v) is 14.6. The van der Waals surface area contributed by atoms with Crippen molar-refractivity contribution >= 4 is 22.5 Å². The van der Waals surface area contributed by atoms with Crippen LogP contribution in [-0.4, -0.2) is 82.3 Å². The van der Waals surface area contributed by atoms with Crippen LogP contribution in [0.5, 0.6) is 0 Å². The molecule has 2 atom stereocenters. The van der Waals surface area contributed by atoms with Crippen LogP contribution in [0, 0.1) is 0 Å². The van der Waals surface area contributed by atoms with Gasteiger partial charge in [0.05, 0.1) is 41.5 Å². The van der Waals surface area contributed by atoms with Crippen molar-refractivity contribution in [2.75, 3.05) is 39.2 Å². The molecule has 1 saturated carbocycles. The molecule has 10 nitrogen and oxygen atoms in total. The molecule has 2 fully saturated rings. The number of rotatable bonds is 10. The molecule has 0 spiro atoms. The Morgan fingerprint density at radius 3 is 2.77 bits per heavy atom. The number of ether oxygens (including phenoxy) is 1. The third-order valence-corrected chi connectivity index (χ3v) is 8.67. The number of halogens is 4. The SMILES string of the molecule is COCC1(n2ccc(C(=O)NCc3nc(-c4cc5c(N[C@@H]6CCN(C)C[C@@H]6F)cccc5n4CC(F)(F)F)no3)c2)CCC1. The van der Waals surface area contributed by atoms with Crippen molar-refractivity contribution in [3.63, 3.8) is 0 Å². The number of hydrogen-bond acceptors (Lipinski definition) is 7. The maximum atomic E-state index is 14.8. The van der Waals surface area contributed by atoms with Gasteiger partial charge in [-0.3, -0.25) is 4.79 Å². The van der Waals surface area contributed by atoms with Crippen molar-refractivity contribution in [1.29, 1.82) is 0 Å². The molecule has 1 amide bonds. The predicted molar refractivity (Wildman–Crippen MR) is 155 cm³/mol. The standard InChI is InChI=1S/C30H35F4N7O3/c1-39-11-8-23(21(31)16-39)36-22-5-3-6-24-20(22)13-25(41(24)17-30(32,33)34)27-37-26(44-38-27)14-35-28(42)19-7-12-40(15-19)29(18-43-2)9-4-10-29/h3,5-7,12-13,15,21,23,36H,4,8-11,14,16-18H2,1-2H3,(H,35,42)/t21-,23+/m0/s1. The van der Waals surface area contributed by atoms with Crippen LogP contribution in [0.4, 0.5) is 23.2 Å². The minimum absolute atomic E-state index is 0.0383. The number of nitrogens with zero attached hydrogens (tertiary/aromatic N) is 5. The molecule has 1 aromatic carbocycles. The lowest BCUT2D eigenvalue weighted by molar-refractivity contribution is -0.139. The Labute approximate surface area is 251 Å². The van der Waals surface area contributed by atoms with Gasteiger partial charge in [0.2, 0.25) is 11.7 Å². The van der Waals surface area contributed by atoms with Gasteiger partial charge in [-0.25, -0.2) is 4.39 Å². The molecule has 4 heterocycles. The Bertz CT molecular complexity index is 1620. The van der Waals surface area contributed by atoms with Gasteiger partial charge in [0, 0.05) is 43.7 Å². The summed E-state index contributed by atoms with van der Waals surface area (Å²) in [7, 11) is 3.51. The van der Waals surface area contributed by atoms with E-state index < -0.39 is 24.9 Å². The number of nitrogens with one attached hydrogen (secondary N) is 2. The lowest BCUT2D eigenvalue weighted by atomic mass is 9.77. The number of benzene rings is 1. The van der Waals surface area contributed by atoms with Gasteiger partial charge < -0.3 is 33.9 Å². The molecular formula is C30H35F4N7O3. The molecule has 1 aliphatic carbocycles. The number of carbonyl (C=O) groups excluding carboxylic acids is 1. The van der Waals surface area contributed by atoms with E-state index in [4.69, 9.17) is 9.26 Å². The summed E-state index contributed by atoms with van der Waals surface area (Å²) >= 11 is 0. The van der Waals surface area contributed by atoms with E-state index >= 15 is 0 Å². The summed E-state index contributed by atoms with van der Waals surface area (Å²) in [5.41, 5.74) is 1.23. The second-order valence-electron chi connectivity index (χ2n) is 11.8. The number of piperidine rings is 1. The molecule has 44 heavy (non-hydrogen) atoms. The first kappa shape index (κ1) is 30.1. The van der Waals surface area contributed by atoms with Gasteiger partial charge in [-0.2, -0.15) is 18.2 Å². The fourth-order valence-corrected chi connectivity index (χ4v) is 6.21. The van der Waals surface area contributed by atoms with Crippen LogP contribution >= 0.6 is 0 Å². The second-order valence-corrected chi connectivity index (χ2v) is 11.8. The summed E-state index contributed by atoms with van der Waals surface area (Å²) < 4.78 is 69.7. The third-order valence-electron chi connectivity index (χ3n) is 8.67. The fourth-order valence-electron chi connectivity index (χ4n) is 6.21. The van der Waals surface area contributed by atoms with Crippen LogP contribution in [0.25, 0.3) is 22.4 Å². The molecule has 0 radical (unpaired) electrons. The van der Waals surface area contributed by atoms with Gasteiger partial charge in [0.1, 0.15) is 12.7 Å². The summed E-state index contributed by atoms with van der Waals surface area (Å²) in [4.78, 5) is 19.1. The average molecular weight is 618 g/mol. The van der Waals surface area contributed by atoms with E-state index in [2.05, 4.69) is 20.8 Å². The number of likely N-dealkylation sites (tertiary alicyclic amines) is 1. The van der Waals surface area contributed by atoms with E-state index in [1.807, 2.05) is 22.7 Å². The number of methoxy groups -OCH3 is 1. The van der Waals surface area contributed by atoms with Gasteiger partial charge in [-0.1, -0.05) is 11.2 Å². The maximum Gasteiger partial charge on any atom is 0.406 e. The third kappa shape index (κ3) is 6.05. The molecule has 0 unspecified atom stereocenters. The summed E-state index contributed by atoms with van der Waals surface area (Å²) in [5, 5.41) is 10.4. The minimum atomic E-state index is -4.53. The molecule has 0 bridgehead atoms. The van der Waals surface area contributed by atoms with Gasteiger partial charge in [-0.05, 0) is 57.0 Å². The monoisotopic (exact) mass is 617 g/mol. The van der Waals surface area contributed by atoms with E-state index in [-0.39, 0.29) is 41.9 Å². The molecule has 6 rings (SSSR count). The molecule has 1 aliphatic heterocycles. The average Bonchev–Trinajstić information content (AvgIpc) is 3.70. The Morgan fingerprint density at radius 1 is 1.25 bits per heavy atom. The number of hydrogen-bond donors (Lipinski definition) is 2. The highest BCUT2D eigenvalue weighted by Crippen LogP contribution is 2.40. The van der Waals surface area contributed by atoms with E-state index in [0.29, 0.717) is 41.7 Å². The molecule has 14 heteroatoms. The van der Waals surface area contributed by atoms with Crippen molar-refractivity contribution in [2.24, 2.45) is 0 Å². The number of aromatic nitrogens is 4. The number of carbonyl (C=O) groups is 1. The van der Waals surface area contributed by atoms with Gasteiger partial charge in [0.15, 0.2) is 0 Å². The van der Waals surface area contributed by atoms with Crippen molar-refractivity contribution in [3.05, 3.63) is 54.2 Å². The lowest BCUT2D eigenvalue weighted by Crippen LogP contribution is -2.46. The summed E-state index contributed by atoms with van der Waals surface area (Å²) in [6, 6.07) is 7.74. The van der Waals surface area contributed by atoms with Gasteiger partial charge >= 0.3 is 6.18 Å². The zero-order chi connectivity index (χ0) is 31.1. The highest BCUT2D eigenvalue weighted by Gasteiger charge is 2.39. The highest BCUT2D eigenvalue weighted by atomic mass is 19.4. The Kier molecular flexibility index (Phi) is 8.14. The van der Waals surface area contributed by atoms with Crippen molar-refractivity contribution < 1.29 is 31.6 Å². The number of anilines is 1. The smallest absolute Gasteiger partial charge is 0.382 e. The topological polar surface area (TPSA) is 102 Å². The molecule has 2 aliphatic rings. The summed E-state index contributed by atoms with van der Waals surface area (Å²) in [5.74, 6) is -0.366. The van der Waals surface area contributed by atoms with Gasteiger partial charge in [0.25, 0.3) is 5.91 Å². The first-order chi connectivity index (χ1) is 21.0. The van der Waals surface area contributed by atoms with E-state index in [0.717, 1.165) is 23.8 Å². The Hall–Kier alpha value is -3.91. The molecule has 236 valence electrons. The Balaban J connectivity index is 1.21. The van der Waals surface area contributed by atoms with E-state index in [9.17, 15) is 22.4 Å². The number of fused-ring (bicyclic) bond motifs is 1. The Morgan fingerprint density at radius 2 is 2.07 bits per heavy atom. The van der Waals surface area contributed by atoms with Crippen molar-refractivity contribution in [3.8, 4) is 11.5 Å². The largest absolute Gasteiger partial charge is 0.406 e. The zero-order valence-corrected chi connectivity index (χ0v) is 24.5. The van der Waals surface area contributed by atoms with Crippen molar-refractivity contribution in [2.45, 2.75) is 62.7 Å². The number of alkyl halides is 4. The van der Waals surface area contributed by atoms with E-state index in [1.165, 1.54) is 0 Å². The molecule has 3 aromatic heterocycles. The van der Waals surface area contributed by atoms with E-state index in [1.54, 1.807) is 43.6 Å². The van der Waals surface area contributed by atoms with Crippen LogP contribution in [-0.2, 0) is 23.4 Å². The lowest BCUT2D eigenvalue weighted by Gasteiger charge is -2.42. The fraction of sp³-hybridized carbons (Fsp3) is 0.500. The maximum absolute atomic E-state index is 14.8.